The molecule has 1 aliphatic heterocycles. The van der Waals surface area contributed by atoms with E-state index < -0.39 is 0 Å². The second kappa shape index (κ2) is 15.0. The van der Waals surface area contributed by atoms with Gasteiger partial charge in [0.2, 0.25) is 0 Å². The monoisotopic (exact) mass is 240 g/mol. The summed E-state index contributed by atoms with van der Waals surface area (Å²) in [6.07, 6.45) is 2.34. The number of benzene rings is 1. The minimum atomic E-state index is 0.886. The smallest absolute Gasteiger partial charge is 0.122 e. The normalized spacial score (nSPS) is 10.9. The second-order valence-electron chi connectivity index (χ2n) is 2.97. The van der Waals surface area contributed by atoms with Gasteiger partial charge in [0, 0.05) is 14.2 Å². The van der Waals surface area contributed by atoms with Crippen molar-refractivity contribution in [3.8, 4) is 5.75 Å². The zero-order valence-electron chi connectivity index (χ0n) is 12.2. The van der Waals surface area contributed by atoms with Crippen molar-refractivity contribution in [3.05, 3.63) is 29.8 Å². The fourth-order valence-corrected chi connectivity index (χ4v) is 1.30. The molecule has 1 heterocycles. The maximum atomic E-state index is 5.42. The lowest BCUT2D eigenvalue weighted by Gasteiger charge is -2.15. The standard InChI is InChI=1S/C9H10O.C2H6O.2C2H6/c1-2-6-9-8(4-1)5-3-7-10-9;1-3-2;2*1-2/h1-2,4,6H,3,5,7H2;1-2H3;2*1-2H3. The first kappa shape index (κ1) is 18.3. The second-order valence-corrected chi connectivity index (χ2v) is 2.97. The Labute approximate surface area is 107 Å². The van der Waals surface area contributed by atoms with Crippen molar-refractivity contribution in [3.63, 3.8) is 0 Å². The van der Waals surface area contributed by atoms with Gasteiger partial charge in [-0.15, -0.1) is 0 Å². The van der Waals surface area contributed by atoms with Gasteiger partial charge in [-0.05, 0) is 24.5 Å². The number of ether oxygens (including phenoxy) is 2. The third kappa shape index (κ3) is 8.75. The van der Waals surface area contributed by atoms with Crippen molar-refractivity contribution in [2.75, 3.05) is 20.8 Å². The number of hydrogen-bond acceptors (Lipinski definition) is 2. The highest BCUT2D eigenvalue weighted by Gasteiger charge is 2.06. The molecule has 2 heteroatoms. The van der Waals surface area contributed by atoms with Crippen LogP contribution in [0, 0.1) is 0 Å². The summed E-state index contributed by atoms with van der Waals surface area (Å²) in [5.74, 6) is 1.08. The van der Waals surface area contributed by atoms with Gasteiger partial charge in [0.05, 0.1) is 6.61 Å². The summed E-state index contributed by atoms with van der Waals surface area (Å²) < 4.78 is 9.67. The van der Waals surface area contributed by atoms with Gasteiger partial charge in [0.1, 0.15) is 5.75 Å². The van der Waals surface area contributed by atoms with Crippen molar-refractivity contribution in [1.82, 2.24) is 0 Å². The summed E-state index contributed by atoms with van der Waals surface area (Å²) >= 11 is 0. The van der Waals surface area contributed by atoms with E-state index in [1.807, 2.05) is 39.8 Å². The molecule has 0 aromatic heterocycles. The Morgan fingerprint density at radius 1 is 1.00 bits per heavy atom. The molecule has 1 aromatic carbocycles. The van der Waals surface area contributed by atoms with Crippen molar-refractivity contribution in [2.24, 2.45) is 0 Å². The van der Waals surface area contributed by atoms with Crippen LogP contribution in [0.1, 0.15) is 39.7 Å². The molecule has 0 atom stereocenters. The Balaban J connectivity index is 0. The van der Waals surface area contributed by atoms with E-state index in [9.17, 15) is 0 Å². The molecule has 1 aliphatic rings. The molecule has 17 heavy (non-hydrogen) atoms. The Hall–Kier alpha value is -1.02. The number of fused-ring (bicyclic) bond motifs is 1. The molecule has 2 rings (SSSR count). The zero-order chi connectivity index (χ0) is 13.5. The molecule has 0 fully saturated rings. The van der Waals surface area contributed by atoms with E-state index in [-0.39, 0.29) is 0 Å². The van der Waals surface area contributed by atoms with Crippen LogP contribution in [0.15, 0.2) is 24.3 Å². The number of aryl methyl sites for hydroxylation is 1. The molecular weight excluding hydrogens is 212 g/mol. The molecule has 100 valence electrons. The van der Waals surface area contributed by atoms with E-state index in [0.717, 1.165) is 18.8 Å². The van der Waals surface area contributed by atoms with Gasteiger partial charge in [0.15, 0.2) is 0 Å². The lowest BCUT2D eigenvalue weighted by molar-refractivity contribution is 0.277. The molecule has 0 amide bonds. The lowest BCUT2D eigenvalue weighted by atomic mass is 10.1. The fraction of sp³-hybridized carbons (Fsp3) is 0.600. The Morgan fingerprint density at radius 3 is 2.06 bits per heavy atom. The minimum Gasteiger partial charge on any atom is -0.493 e. The number of methoxy groups -OCH3 is 1. The first-order chi connectivity index (χ1) is 8.38. The average molecular weight is 240 g/mol. The van der Waals surface area contributed by atoms with E-state index in [0.29, 0.717) is 0 Å². The first-order valence-electron chi connectivity index (χ1n) is 6.49. The summed E-state index contributed by atoms with van der Waals surface area (Å²) in [6, 6.07) is 8.25. The number of rotatable bonds is 0. The molecular formula is C15H28O2. The minimum absolute atomic E-state index is 0.886. The molecule has 2 nitrogen and oxygen atoms in total. The van der Waals surface area contributed by atoms with Crippen LogP contribution in [0.5, 0.6) is 5.75 Å². The van der Waals surface area contributed by atoms with Gasteiger partial charge in [-0.25, -0.2) is 0 Å². The predicted octanol–water partition coefficient (Wildman–Crippen LogP) is 4.33. The number of para-hydroxylation sites is 1. The van der Waals surface area contributed by atoms with Crippen LogP contribution < -0.4 is 4.74 Å². The highest BCUT2D eigenvalue weighted by atomic mass is 16.5. The van der Waals surface area contributed by atoms with Crippen molar-refractivity contribution in [1.29, 1.82) is 0 Å². The maximum absolute atomic E-state index is 5.42. The Kier molecular flexibility index (Phi) is 16.2. The molecule has 0 bridgehead atoms. The molecule has 0 N–H and O–H groups in total. The summed E-state index contributed by atoms with van der Waals surface area (Å²) in [4.78, 5) is 0. The van der Waals surface area contributed by atoms with Crippen LogP contribution in [0.25, 0.3) is 0 Å². The van der Waals surface area contributed by atoms with Crippen LogP contribution in [0.4, 0.5) is 0 Å². The summed E-state index contributed by atoms with van der Waals surface area (Å²) in [5.41, 5.74) is 1.36. The molecule has 0 saturated heterocycles. The zero-order valence-corrected chi connectivity index (χ0v) is 12.2. The molecule has 0 unspecified atom stereocenters. The lowest BCUT2D eigenvalue weighted by Crippen LogP contribution is -2.07. The van der Waals surface area contributed by atoms with E-state index in [2.05, 4.69) is 16.9 Å². The molecule has 0 radical (unpaired) electrons. The van der Waals surface area contributed by atoms with Crippen LogP contribution >= 0.6 is 0 Å². The van der Waals surface area contributed by atoms with Gasteiger partial charge in [-0.3, -0.25) is 0 Å². The fourth-order valence-electron chi connectivity index (χ4n) is 1.30. The quantitative estimate of drug-likeness (QED) is 0.672. The summed E-state index contributed by atoms with van der Waals surface area (Å²) in [5, 5.41) is 0. The summed E-state index contributed by atoms with van der Waals surface area (Å²) in [6.45, 7) is 8.89. The third-order valence-corrected chi connectivity index (χ3v) is 1.82. The largest absolute Gasteiger partial charge is 0.493 e. The average Bonchev–Trinajstić information content (AvgIpc) is 2.44. The topological polar surface area (TPSA) is 18.5 Å². The van der Waals surface area contributed by atoms with Gasteiger partial charge in [0.25, 0.3) is 0 Å². The van der Waals surface area contributed by atoms with Crippen LogP contribution in [0.2, 0.25) is 0 Å². The Bertz CT molecular complexity index is 221. The molecule has 1 aromatic rings. The van der Waals surface area contributed by atoms with E-state index in [1.165, 1.54) is 12.0 Å². The van der Waals surface area contributed by atoms with E-state index >= 15 is 0 Å². The number of hydrogen-bond donors (Lipinski definition) is 0. The van der Waals surface area contributed by atoms with Crippen molar-refractivity contribution >= 4 is 0 Å². The molecule has 0 saturated carbocycles. The predicted molar refractivity (Wildman–Crippen MR) is 75.9 cm³/mol. The van der Waals surface area contributed by atoms with Crippen LogP contribution in [-0.2, 0) is 11.2 Å². The van der Waals surface area contributed by atoms with Crippen molar-refractivity contribution < 1.29 is 9.47 Å². The third-order valence-electron chi connectivity index (χ3n) is 1.82. The van der Waals surface area contributed by atoms with Gasteiger partial charge in [-0.1, -0.05) is 45.9 Å². The Morgan fingerprint density at radius 2 is 1.53 bits per heavy atom. The summed E-state index contributed by atoms with van der Waals surface area (Å²) in [7, 11) is 3.25. The molecule has 0 spiro atoms. The van der Waals surface area contributed by atoms with E-state index in [4.69, 9.17) is 4.74 Å². The molecule has 0 aliphatic carbocycles. The van der Waals surface area contributed by atoms with Crippen LogP contribution in [0.3, 0.4) is 0 Å². The van der Waals surface area contributed by atoms with E-state index in [1.54, 1.807) is 14.2 Å². The van der Waals surface area contributed by atoms with Crippen molar-refractivity contribution in [2.45, 2.75) is 40.5 Å². The SMILES string of the molecule is CC.CC.COC.c1ccc2c(c1)CCCO2. The van der Waals surface area contributed by atoms with Gasteiger partial charge in [-0.2, -0.15) is 0 Å². The highest BCUT2D eigenvalue weighted by Crippen LogP contribution is 2.22. The maximum Gasteiger partial charge on any atom is 0.122 e. The van der Waals surface area contributed by atoms with Gasteiger partial charge >= 0.3 is 0 Å². The van der Waals surface area contributed by atoms with Gasteiger partial charge < -0.3 is 9.47 Å². The highest BCUT2D eigenvalue weighted by molar-refractivity contribution is 5.34. The van der Waals surface area contributed by atoms with Crippen LogP contribution in [-0.4, -0.2) is 20.8 Å². The first-order valence-corrected chi connectivity index (χ1v) is 6.49.